The number of nitrogens with zero attached hydrogens (tertiary/aromatic N) is 8. The molecule has 0 spiro atoms. The molecular weight excluding hydrogens is 1430 g/mol. The van der Waals surface area contributed by atoms with E-state index < -0.39 is 0 Å². The van der Waals surface area contributed by atoms with Crippen LogP contribution >= 0.6 is 116 Å². The molecule has 0 saturated heterocycles. The van der Waals surface area contributed by atoms with E-state index in [4.69, 9.17) is 199 Å². The van der Waals surface area contributed by atoms with Crippen LogP contribution in [0.15, 0.2) is 91.0 Å². The van der Waals surface area contributed by atoms with Gasteiger partial charge < -0.3 is 72.5 Å². The van der Waals surface area contributed by atoms with Gasteiger partial charge in [0.15, 0.2) is 34.5 Å². The third-order valence-corrected chi connectivity index (χ3v) is 18.6. The summed E-state index contributed by atoms with van der Waals surface area (Å²) >= 11 is 74.3. The Bertz CT molecular complexity index is 5020. The minimum absolute atomic E-state index is 0. The van der Waals surface area contributed by atoms with E-state index in [0.717, 1.165) is 0 Å². The second kappa shape index (κ2) is 25.4. The van der Waals surface area contributed by atoms with Crippen molar-refractivity contribution >= 4 is 160 Å². The Kier molecular flexibility index (Phi) is 17.8. The van der Waals surface area contributed by atoms with E-state index in [-0.39, 0.29) is 183 Å². The number of para-hydroxylation sites is 1. The number of halogens is 10. The predicted octanol–water partition coefficient (Wildman–Crippen LogP) is 20.5. The Morgan fingerprint density at radius 1 is 0.286 bits per heavy atom. The zero-order valence-electron chi connectivity index (χ0n) is 47.9. The third kappa shape index (κ3) is 10.9. The molecule has 28 heteroatoms. The summed E-state index contributed by atoms with van der Waals surface area (Å²) in [5, 5.41) is -0.0490. The van der Waals surface area contributed by atoms with Crippen molar-refractivity contribution in [2.75, 3.05) is 35.5 Å². The van der Waals surface area contributed by atoms with Gasteiger partial charge in [-0.2, -0.15) is 0 Å². The van der Waals surface area contributed by atoms with Gasteiger partial charge in [-0.25, -0.2) is 9.97 Å². The van der Waals surface area contributed by atoms with E-state index in [2.05, 4.69) is 0 Å². The second-order valence-corrected chi connectivity index (χ2v) is 23.4. The average molecular weight is 1470 g/mol. The molecule has 0 atom stereocenters. The fourth-order valence-corrected chi connectivity index (χ4v) is 13.1. The molecule has 454 valence electrons. The summed E-state index contributed by atoms with van der Waals surface area (Å²) in [6.07, 6.45) is 0. The monoisotopic (exact) mass is 1460 g/mol. The van der Waals surface area contributed by atoms with Crippen molar-refractivity contribution in [2.24, 2.45) is 0 Å². The van der Waals surface area contributed by atoms with Gasteiger partial charge in [-0.05, 0) is 104 Å². The zero-order valence-corrected chi connectivity index (χ0v) is 58.4. The molecule has 0 fully saturated rings. The summed E-state index contributed by atoms with van der Waals surface area (Å²) in [6, 6.07) is 25.3. The third-order valence-electron chi connectivity index (χ3n) is 14.6. The fourth-order valence-electron chi connectivity index (χ4n) is 10.2. The van der Waals surface area contributed by atoms with Crippen molar-refractivity contribution in [3.8, 4) is 120 Å². The molecule has 0 saturated carbocycles. The molecule has 5 heterocycles. The molecule has 0 amide bonds. The summed E-state index contributed by atoms with van der Waals surface area (Å²) in [5.74, 6) is 3.11. The SMILES string of the molecule is COc1ccc(Oc2c(Cl)c(C)c3c(c2Cl)-c2nc-3nc3[n-]c(nc4nc(nc5[n-]c(n2)c2c(Cl)c(Cl)c(Oc6ccc(OC)cc6)c(Cl)c52)-c2c(Cl)c(Cl)c(Oc5ccc(OC)cc5)c(Cl)c2-4)c2c(Cl)c(Oc4c(OC)cccc4OC)c(C)c(Cl)c32)cc1.[Zn+2]. The number of benzene rings is 8. The molecule has 0 radical (unpaired) electrons. The van der Waals surface area contributed by atoms with Gasteiger partial charge in [0.25, 0.3) is 0 Å². The van der Waals surface area contributed by atoms with Crippen molar-refractivity contribution in [3.05, 3.63) is 152 Å². The first kappa shape index (κ1) is 64.0. The van der Waals surface area contributed by atoms with E-state index >= 15 is 0 Å². The summed E-state index contributed by atoms with van der Waals surface area (Å²) in [7, 11) is 7.58. The van der Waals surface area contributed by atoms with Gasteiger partial charge in [-0.1, -0.05) is 122 Å². The smallest absolute Gasteiger partial charge is 0.497 e. The topological polar surface area (TPSA) is 189 Å². The second-order valence-electron chi connectivity index (χ2n) is 19.6. The largest absolute Gasteiger partial charge is 2.00 e. The van der Waals surface area contributed by atoms with Crippen LogP contribution in [0.5, 0.6) is 74.7 Å². The van der Waals surface area contributed by atoms with Crippen molar-refractivity contribution in [1.82, 2.24) is 39.9 Å². The summed E-state index contributed by atoms with van der Waals surface area (Å²) in [6.45, 7) is 3.44. The minimum Gasteiger partial charge on any atom is -0.497 e. The maximum atomic E-state index is 7.65. The normalized spacial score (nSPS) is 11.5. The predicted molar refractivity (Wildman–Crippen MR) is 352 cm³/mol. The van der Waals surface area contributed by atoms with E-state index in [1.165, 1.54) is 28.4 Å². The molecule has 91 heavy (non-hydrogen) atoms. The molecule has 8 bridgehead atoms. The Balaban J connectivity index is 0.00000800. The van der Waals surface area contributed by atoms with Gasteiger partial charge in [0.05, 0.1) is 99.0 Å². The molecule has 13 rings (SSSR count). The molecule has 2 aliphatic rings. The molecule has 8 aromatic carbocycles. The molecule has 0 unspecified atom stereocenters. The standard InChI is InChI=1S/C63H36Cl10N8O9.Zn/c1-23-33-34(46(69)53(42(23)65)87-28-17-11-25(82-3)12-18-28)57-74-56(33)75-58-35-38(45(68)51(24(2)41(35)64)90-52-31(85-6)9-8-10-32(52)86-7)61(77-58)81-63-40-37(44(67)50(73)55(48(40)71)89-30-21-15-27(84-5)16-22-30)60(80-63)79-62-39-36(59(76-57)78-62)43(66)49(72)54(47(39)70)88-29-19-13-26(83-4)14-20-29;/h8-22H,1-7H3;/q-2;+2. The first-order valence-corrected chi connectivity index (χ1v) is 30.2. The van der Waals surface area contributed by atoms with Crippen molar-refractivity contribution in [3.63, 3.8) is 0 Å². The molecular formula is C63H36Cl10N8O9Zn. The first-order valence-electron chi connectivity index (χ1n) is 26.4. The van der Waals surface area contributed by atoms with Gasteiger partial charge in [0, 0.05) is 72.0 Å². The Hall–Kier alpha value is -7.16. The van der Waals surface area contributed by atoms with Crippen LogP contribution in [0.25, 0.3) is 89.7 Å². The van der Waals surface area contributed by atoms with Gasteiger partial charge in [-0.15, -0.1) is 0 Å². The van der Waals surface area contributed by atoms with Crippen LogP contribution < -0.4 is 52.6 Å². The number of hydrogen-bond acceptors (Lipinski definition) is 15. The zero-order chi connectivity index (χ0) is 63.3. The fraction of sp³-hybridized carbons (Fsp3) is 0.111. The number of fused-ring (bicyclic) bond motifs is 20. The number of ether oxygens (including phenoxy) is 9. The number of hydrogen-bond donors (Lipinski definition) is 0. The van der Waals surface area contributed by atoms with E-state index in [9.17, 15) is 0 Å². The maximum Gasteiger partial charge on any atom is 2.00 e. The van der Waals surface area contributed by atoms with Crippen LogP contribution in [0.1, 0.15) is 11.1 Å². The van der Waals surface area contributed by atoms with Crippen LogP contribution in [0.4, 0.5) is 0 Å². The number of aromatic nitrogens is 8. The van der Waals surface area contributed by atoms with Gasteiger partial charge in [-0.3, -0.25) is 0 Å². The van der Waals surface area contributed by atoms with Crippen molar-refractivity contribution in [1.29, 1.82) is 0 Å². The van der Waals surface area contributed by atoms with Crippen LogP contribution in [-0.2, 0) is 19.5 Å². The molecule has 0 aliphatic carbocycles. The van der Waals surface area contributed by atoms with Gasteiger partial charge in [0.2, 0.25) is 5.75 Å². The number of methoxy groups -OCH3 is 5. The van der Waals surface area contributed by atoms with E-state index in [0.29, 0.717) is 62.7 Å². The van der Waals surface area contributed by atoms with Crippen LogP contribution in [0, 0.1) is 13.8 Å². The van der Waals surface area contributed by atoms with Crippen molar-refractivity contribution < 1.29 is 62.1 Å². The molecule has 3 aromatic heterocycles. The van der Waals surface area contributed by atoms with Crippen LogP contribution in [0.2, 0.25) is 50.2 Å². The van der Waals surface area contributed by atoms with Gasteiger partial charge in [0.1, 0.15) is 44.5 Å². The molecule has 0 N–H and O–H groups in total. The average Bonchev–Trinajstić information content (AvgIpc) is 1.61. The molecule has 11 aromatic rings. The Labute approximate surface area is 579 Å². The molecule has 17 nitrogen and oxygen atoms in total. The van der Waals surface area contributed by atoms with E-state index in [1.807, 2.05) is 0 Å². The first-order chi connectivity index (χ1) is 43.4. The molecule has 2 aliphatic heterocycles. The Morgan fingerprint density at radius 2 is 0.615 bits per heavy atom. The summed E-state index contributed by atoms with van der Waals surface area (Å²) in [4.78, 5) is 40.8. The van der Waals surface area contributed by atoms with Gasteiger partial charge >= 0.3 is 19.5 Å². The number of rotatable bonds is 13. The van der Waals surface area contributed by atoms with Crippen LogP contribution in [0.3, 0.4) is 0 Å². The van der Waals surface area contributed by atoms with E-state index in [1.54, 1.807) is 112 Å². The van der Waals surface area contributed by atoms with Crippen molar-refractivity contribution in [2.45, 2.75) is 13.8 Å². The summed E-state index contributed by atoms with van der Waals surface area (Å²) < 4.78 is 53.5. The van der Waals surface area contributed by atoms with Crippen LogP contribution in [-0.4, -0.2) is 65.5 Å². The maximum absolute atomic E-state index is 7.65. The minimum atomic E-state index is -0.146. The Morgan fingerprint density at radius 3 is 1.03 bits per heavy atom. The quantitative estimate of drug-likeness (QED) is 0.0782. The summed E-state index contributed by atoms with van der Waals surface area (Å²) in [5.41, 5.74) is 0.993.